The van der Waals surface area contributed by atoms with Gasteiger partial charge in [-0.3, -0.25) is 4.79 Å². The number of benzene rings is 1. The van der Waals surface area contributed by atoms with Crippen molar-refractivity contribution in [2.24, 2.45) is 0 Å². The predicted molar refractivity (Wildman–Crippen MR) is 64.6 cm³/mol. The van der Waals surface area contributed by atoms with Gasteiger partial charge in [0.1, 0.15) is 0 Å². The van der Waals surface area contributed by atoms with Crippen LogP contribution in [-0.4, -0.2) is 25.0 Å². The number of hydrogen-bond donors (Lipinski definition) is 2. The molecule has 1 heterocycles. The number of carbonyl (C=O) groups is 1. The summed E-state index contributed by atoms with van der Waals surface area (Å²) in [5.74, 6) is 0.0824. The molecule has 2 rings (SSSR count). The van der Waals surface area contributed by atoms with Crippen LogP contribution in [-0.2, 0) is 11.2 Å². The van der Waals surface area contributed by atoms with Gasteiger partial charge >= 0.3 is 0 Å². The minimum absolute atomic E-state index is 0.0824. The van der Waals surface area contributed by atoms with Crippen molar-refractivity contribution in [2.45, 2.75) is 18.9 Å². The fraction of sp³-hybridized carbons (Fsp3) is 0.417. The maximum atomic E-state index is 10.9. The first-order valence-electron chi connectivity index (χ1n) is 5.48. The van der Waals surface area contributed by atoms with Crippen LogP contribution >= 0.6 is 11.6 Å². The van der Waals surface area contributed by atoms with E-state index in [2.05, 4.69) is 16.7 Å². The number of aryl methyl sites for hydroxylation is 1. The smallest absolute Gasteiger partial charge is 0.234 e. The largest absolute Gasteiger partial charge is 0.353 e. The Morgan fingerprint density at radius 3 is 3.00 bits per heavy atom. The number of carbonyl (C=O) groups excluding carboxylic acids is 1. The molecule has 0 radical (unpaired) electrons. The van der Waals surface area contributed by atoms with Crippen LogP contribution in [0.2, 0.25) is 5.02 Å². The van der Waals surface area contributed by atoms with Gasteiger partial charge in [0.2, 0.25) is 5.91 Å². The number of amides is 1. The van der Waals surface area contributed by atoms with Gasteiger partial charge in [0, 0.05) is 17.6 Å². The first-order chi connectivity index (χ1) is 7.74. The summed E-state index contributed by atoms with van der Waals surface area (Å²) < 4.78 is 0. The molecule has 0 aliphatic carbocycles. The van der Waals surface area contributed by atoms with Gasteiger partial charge in [-0.1, -0.05) is 23.7 Å². The zero-order chi connectivity index (χ0) is 11.4. The summed E-state index contributed by atoms with van der Waals surface area (Å²) >= 11 is 5.91. The standard InChI is InChI=1S/C12H15ClN2O/c13-10-3-1-2-9(6-10)4-5-11-7-15-12(16)8-14-11/h1-3,6,11,14H,4-5,7-8H2,(H,15,16). The number of rotatable bonds is 3. The Bertz CT molecular complexity index is 371. The highest BCUT2D eigenvalue weighted by Crippen LogP contribution is 2.13. The van der Waals surface area contributed by atoms with Crippen LogP contribution in [0.1, 0.15) is 12.0 Å². The lowest BCUT2D eigenvalue weighted by Gasteiger charge is -2.23. The molecular weight excluding hydrogens is 224 g/mol. The number of nitrogens with one attached hydrogen (secondary N) is 2. The molecule has 86 valence electrons. The molecule has 4 heteroatoms. The van der Waals surface area contributed by atoms with Gasteiger partial charge < -0.3 is 10.6 Å². The molecule has 0 spiro atoms. The van der Waals surface area contributed by atoms with Crippen LogP contribution in [0, 0.1) is 0 Å². The van der Waals surface area contributed by atoms with E-state index in [1.807, 2.05) is 18.2 Å². The van der Waals surface area contributed by atoms with Crippen molar-refractivity contribution in [3.05, 3.63) is 34.9 Å². The van der Waals surface area contributed by atoms with Gasteiger partial charge in [-0.15, -0.1) is 0 Å². The van der Waals surface area contributed by atoms with Crippen molar-refractivity contribution < 1.29 is 4.79 Å². The normalized spacial score (nSPS) is 20.6. The predicted octanol–water partition coefficient (Wildman–Crippen LogP) is 1.36. The molecule has 0 aromatic heterocycles. The lowest BCUT2D eigenvalue weighted by atomic mass is 10.0. The maximum absolute atomic E-state index is 10.9. The summed E-state index contributed by atoms with van der Waals surface area (Å²) in [7, 11) is 0. The van der Waals surface area contributed by atoms with Crippen molar-refractivity contribution in [3.8, 4) is 0 Å². The quantitative estimate of drug-likeness (QED) is 0.835. The highest BCUT2D eigenvalue weighted by molar-refractivity contribution is 6.30. The van der Waals surface area contributed by atoms with Crippen molar-refractivity contribution in [1.29, 1.82) is 0 Å². The van der Waals surface area contributed by atoms with E-state index >= 15 is 0 Å². The van der Waals surface area contributed by atoms with E-state index in [4.69, 9.17) is 11.6 Å². The van der Waals surface area contributed by atoms with E-state index in [1.165, 1.54) is 5.56 Å². The number of piperazine rings is 1. The van der Waals surface area contributed by atoms with E-state index < -0.39 is 0 Å². The summed E-state index contributed by atoms with van der Waals surface area (Å²) in [5, 5.41) is 6.84. The topological polar surface area (TPSA) is 41.1 Å². The maximum Gasteiger partial charge on any atom is 0.234 e. The second-order valence-corrected chi connectivity index (χ2v) is 4.49. The van der Waals surface area contributed by atoms with Crippen molar-refractivity contribution in [2.75, 3.05) is 13.1 Å². The SMILES string of the molecule is O=C1CNC(CCc2cccc(Cl)c2)CN1. The molecule has 1 aromatic rings. The van der Waals surface area contributed by atoms with Gasteiger partial charge in [-0.2, -0.15) is 0 Å². The van der Waals surface area contributed by atoms with Crippen molar-refractivity contribution >= 4 is 17.5 Å². The molecule has 1 aliphatic rings. The fourth-order valence-corrected chi connectivity index (χ4v) is 2.06. The molecule has 1 aromatic carbocycles. The Balaban J connectivity index is 1.81. The number of hydrogen-bond acceptors (Lipinski definition) is 2. The zero-order valence-electron chi connectivity index (χ0n) is 9.00. The molecule has 0 bridgehead atoms. The van der Waals surface area contributed by atoms with Crippen LogP contribution < -0.4 is 10.6 Å². The average molecular weight is 239 g/mol. The molecule has 1 amide bonds. The van der Waals surface area contributed by atoms with Gasteiger partial charge in [0.15, 0.2) is 0 Å². The Hall–Kier alpha value is -1.06. The second kappa shape index (κ2) is 5.32. The highest BCUT2D eigenvalue weighted by Gasteiger charge is 2.16. The van der Waals surface area contributed by atoms with E-state index in [1.54, 1.807) is 0 Å². The molecule has 0 saturated carbocycles. The van der Waals surface area contributed by atoms with Crippen LogP contribution in [0.5, 0.6) is 0 Å². The van der Waals surface area contributed by atoms with Crippen LogP contribution in [0.15, 0.2) is 24.3 Å². The fourth-order valence-electron chi connectivity index (χ4n) is 1.85. The van der Waals surface area contributed by atoms with Crippen LogP contribution in [0.4, 0.5) is 0 Å². The highest BCUT2D eigenvalue weighted by atomic mass is 35.5. The van der Waals surface area contributed by atoms with Gasteiger partial charge in [-0.25, -0.2) is 0 Å². The Labute approximate surface area is 100 Å². The van der Waals surface area contributed by atoms with Gasteiger partial charge in [0.25, 0.3) is 0 Å². The minimum atomic E-state index is 0.0824. The minimum Gasteiger partial charge on any atom is -0.353 e. The monoisotopic (exact) mass is 238 g/mol. The lowest BCUT2D eigenvalue weighted by molar-refractivity contribution is -0.121. The van der Waals surface area contributed by atoms with Gasteiger partial charge in [-0.05, 0) is 30.5 Å². The van der Waals surface area contributed by atoms with Crippen molar-refractivity contribution in [1.82, 2.24) is 10.6 Å². The third-order valence-corrected chi connectivity index (χ3v) is 3.00. The molecular formula is C12H15ClN2O. The van der Waals surface area contributed by atoms with E-state index in [0.29, 0.717) is 12.6 Å². The Kier molecular flexibility index (Phi) is 3.80. The number of halogens is 1. The summed E-state index contributed by atoms with van der Waals surface area (Å²) in [6, 6.07) is 8.28. The molecule has 16 heavy (non-hydrogen) atoms. The second-order valence-electron chi connectivity index (χ2n) is 4.05. The Morgan fingerprint density at radius 2 is 2.31 bits per heavy atom. The first-order valence-corrected chi connectivity index (χ1v) is 5.86. The third-order valence-electron chi connectivity index (χ3n) is 2.77. The molecule has 1 unspecified atom stereocenters. The molecule has 3 nitrogen and oxygen atoms in total. The summed E-state index contributed by atoms with van der Waals surface area (Å²) in [6.45, 7) is 1.15. The molecule has 1 aliphatic heterocycles. The Morgan fingerprint density at radius 1 is 1.44 bits per heavy atom. The first kappa shape index (κ1) is 11.4. The molecule has 1 fully saturated rings. The van der Waals surface area contributed by atoms with Crippen LogP contribution in [0.3, 0.4) is 0 Å². The summed E-state index contributed by atoms with van der Waals surface area (Å²) in [6.07, 6.45) is 1.99. The zero-order valence-corrected chi connectivity index (χ0v) is 9.76. The van der Waals surface area contributed by atoms with E-state index in [-0.39, 0.29) is 5.91 Å². The average Bonchev–Trinajstić information content (AvgIpc) is 2.28. The lowest BCUT2D eigenvalue weighted by Crippen LogP contribution is -2.51. The van der Waals surface area contributed by atoms with E-state index in [0.717, 1.165) is 24.4 Å². The summed E-state index contributed by atoms with van der Waals surface area (Å²) in [4.78, 5) is 10.9. The van der Waals surface area contributed by atoms with Crippen LogP contribution in [0.25, 0.3) is 0 Å². The molecule has 1 saturated heterocycles. The van der Waals surface area contributed by atoms with E-state index in [9.17, 15) is 4.79 Å². The third kappa shape index (κ3) is 3.22. The molecule has 1 atom stereocenters. The summed E-state index contributed by atoms with van der Waals surface area (Å²) in [5.41, 5.74) is 1.24. The van der Waals surface area contributed by atoms with Crippen molar-refractivity contribution in [3.63, 3.8) is 0 Å². The van der Waals surface area contributed by atoms with Gasteiger partial charge in [0.05, 0.1) is 6.54 Å². The molecule has 2 N–H and O–H groups in total.